The molecular formula is C15H19NO3. The second kappa shape index (κ2) is 5.87. The quantitative estimate of drug-likeness (QED) is 0.854. The number of hydrogen-bond donors (Lipinski definition) is 1. The summed E-state index contributed by atoms with van der Waals surface area (Å²) in [6.45, 7) is 0.872. The van der Waals surface area contributed by atoms with Gasteiger partial charge in [0.2, 0.25) is 5.91 Å². The highest BCUT2D eigenvalue weighted by Gasteiger charge is 2.24. The average molecular weight is 261 g/mol. The molecule has 4 heteroatoms. The molecule has 0 spiro atoms. The normalized spacial score (nSPS) is 14.2. The van der Waals surface area contributed by atoms with E-state index in [1.807, 2.05) is 11.9 Å². The van der Waals surface area contributed by atoms with E-state index in [1.54, 1.807) is 24.3 Å². The molecular weight excluding hydrogens is 242 g/mol. The lowest BCUT2D eigenvalue weighted by Gasteiger charge is -2.16. The summed E-state index contributed by atoms with van der Waals surface area (Å²) in [6.07, 6.45) is 3.63. The Bertz CT molecular complexity index is 463. The largest absolute Gasteiger partial charge is 0.478 e. The summed E-state index contributed by atoms with van der Waals surface area (Å²) < 4.78 is 0. The van der Waals surface area contributed by atoms with Gasteiger partial charge in [-0.25, -0.2) is 4.79 Å². The number of hydrogen-bond acceptors (Lipinski definition) is 2. The van der Waals surface area contributed by atoms with Crippen molar-refractivity contribution in [1.82, 2.24) is 4.90 Å². The molecule has 1 amide bonds. The molecule has 4 nitrogen and oxygen atoms in total. The van der Waals surface area contributed by atoms with Crippen LogP contribution in [0.15, 0.2) is 24.3 Å². The monoisotopic (exact) mass is 261 g/mol. The zero-order chi connectivity index (χ0) is 13.8. The van der Waals surface area contributed by atoms with Crippen molar-refractivity contribution in [1.29, 1.82) is 0 Å². The van der Waals surface area contributed by atoms with Crippen LogP contribution in [0.5, 0.6) is 0 Å². The minimum atomic E-state index is -0.924. The number of carbonyl (C=O) groups excluding carboxylic acids is 1. The minimum Gasteiger partial charge on any atom is -0.478 e. The second-order valence-electron chi connectivity index (χ2n) is 5.22. The number of benzene rings is 1. The highest BCUT2D eigenvalue weighted by molar-refractivity contribution is 5.87. The molecule has 0 atom stereocenters. The average Bonchev–Trinajstić information content (AvgIpc) is 3.20. The van der Waals surface area contributed by atoms with E-state index >= 15 is 0 Å². The molecule has 0 aliphatic heterocycles. The van der Waals surface area contributed by atoms with Gasteiger partial charge in [-0.05, 0) is 42.9 Å². The first-order valence-electron chi connectivity index (χ1n) is 6.62. The summed E-state index contributed by atoms with van der Waals surface area (Å²) in [6, 6.07) is 6.71. The molecule has 0 saturated heterocycles. The van der Waals surface area contributed by atoms with Crippen LogP contribution in [0.2, 0.25) is 0 Å². The van der Waals surface area contributed by atoms with Crippen LogP contribution in [-0.4, -0.2) is 35.5 Å². The summed E-state index contributed by atoms with van der Waals surface area (Å²) >= 11 is 0. The lowest BCUT2D eigenvalue weighted by atomic mass is 10.1. The molecule has 1 N–H and O–H groups in total. The topological polar surface area (TPSA) is 57.6 Å². The van der Waals surface area contributed by atoms with Crippen LogP contribution in [0.4, 0.5) is 0 Å². The number of rotatable bonds is 6. The fourth-order valence-corrected chi connectivity index (χ4v) is 2.05. The lowest BCUT2D eigenvalue weighted by Crippen LogP contribution is -2.28. The second-order valence-corrected chi connectivity index (χ2v) is 5.22. The smallest absolute Gasteiger partial charge is 0.335 e. The van der Waals surface area contributed by atoms with Crippen molar-refractivity contribution < 1.29 is 14.7 Å². The van der Waals surface area contributed by atoms with Crippen molar-refractivity contribution in [3.8, 4) is 0 Å². The van der Waals surface area contributed by atoms with Crippen molar-refractivity contribution in [2.24, 2.45) is 5.92 Å². The van der Waals surface area contributed by atoms with Gasteiger partial charge in [-0.1, -0.05) is 12.1 Å². The van der Waals surface area contributed by atoms with Crippen LogP contribution in [0, 0.1) is 5.92 Å². The first-order valence-corrected chi connectivity index (χ1v) is 6.62. The maximum Gasteiger partial charge on any atom is 0.335 e. The Morgan fingerprint density at radius 3 is 2.42 bits per heavy atom. The van der Waals surface area contributed by atoms with E-state index in [9.17, 15) is 9.59 Å². The molecule has 0 radical (unpaired) electrons. The van der Waals surface area contributed by atoms with E-state index in [2.05, 4.69) is 0 Å². The van der Waals surface area contributed by atoms with Gasteiger partial charge < -0.3 is 10.0 Å². The maximum atomic E-state index is 11.9. The molecule has 0 unspecified atom stereocenters. The van der Waals surface area contributed by atoms with Gasteiger partial charge in [0.1, 0.15) is 0 Å². The summed E-state index contributed by atoms with van der Waals surface area (Å²) in [5.74, 6) is -0.0511. The number of aryl methyl sites for hydroxylation is 1. The summed E-state index contributed by atoms with van der Waals surface area (Å²) in [4.78, 5) is 24.4. The predicted octanol–water partition coefficient (Wildman–Crippen LogP) is 2.19. The van der Waals surface area contributed by atoms with Crippen molar-refractivity contribution in [3.05, 3.63) is 35.4 Å². The van der Waals surface area contributed by atoms with E-state index < -0.39 is 5.97 Å². The highest BCUT2D eigenvalue weighted by Crippen LogP contribution is 2.29. The van der Waals surface area contributed by atoms with E-state index in [0.717, 1.165) is 12.1 Å². The minimum absolute atomic E-state index is 0.161. The van der Waals surface area contributed by atoms with E-state index in [0.29, 0.717) is 18.8 Å². The molecule has 19 heavy (non-hydrogen) atoms. The van der Waals surface area contributed by atoms with Crippen LogP contribution < -0.4 is 0 Å². The number of amides is 1. The summed E-state index contributed by atoms with van der Waals surface area (Å²) in [5.41, 5.74) is 1.28. The van der Waals surface area contributed by atoms with Crippen molar-refractivity contribution in [2.45, 2.75) is 25.7 Å². The maximum absolute atomic E-state index is 11.9. The number of carboxylic acids is 1. The first-order chi connectivity index (χ1) is 9.06. The zero-order valence-corrected chi connectivity index (χ0v) is 11.1. The fourth-order valence-electron chi connectivity index (χ4n) is 2.05. The Labute approximate surface area is 113 Å². The van der Waals surface area contributed by atoms with E-state index in [-0.39, 0.29) is 11.5 Å². The Hall–Kier alpha value is -1.84. The molecule has 2 rings (SSSR count). The summed E-state index contributed by atoms with van der Waals surface area (Å²) in [7, 11) is 1.86. The highest BCUT2D eigenvalue weighted by atomic mass is 16.4. The molecule has 1 fully saturated rings. The van der Waals surface area contributed by atoms with E-state index in [4.69, 9.17) is 5.11 Å². The van der Waals surface area contributed by atoms with Gasteiger partial charge >= 0.3 is 5.97 Å². The Morgan fingerprint density at radius 2 is 1.89 bits per heavy atom. The molecule has 1 aliphatic rings. The molecule has 1 aliphatic carbocycles. The molecule has 0 bridgehead atoms. The molecule has 0 heterocycles. The number of carboxylic acid groups (broad SMARTS) is 1. The van der Waals surface area contributed by atoms with Gasteiger partial charge in [-0.15, -0.1) is 0 Å². The van der Waals surface area contributed by atoms with Crippen LogP contribution in [0.3, 0.4) is 0 Å². The fraction of sp³-hybridized carbons (Fsp3) is 0.467. The summed E-state index contributed by atoms with van der Waals surface area (Å²) in [5, 5.41) is 8.80. The number of carbonyl (C=O) groups is 2. The van der Waals surface area contributed by atoms with Gasteiger partial charge in [0.25, 0.3) is 0 Å². The van der Waals surface area contributed by atoms with Crippen molar-refractivity contribution in [3.63, 3.8) is 0 Å². The van der Waals surface area contributed by atoms with E-state index in [1.165, 1.54) is 12.8 Å². The zero-order valence-electron chi connectivity index (χ0n) is 11.1. The number of nitrogens with zero attached hydrogens (tertiary/aromatic N) is 1. The molecule has 0 aromatic heterocycles. The molecule has 102 valence electrons. The standard InChI is InChI=1S/C15H19NO3/c1-16(10-12-2-3-12)14(17)9-6-11-4-7-13(8-5-11)15(18)19/h4-5,7-8,12H,2-3,6,9-10H2,1H3,(H,18,19). The van der Waals surface area contributed by atoms with Gasteiger partial charge in [0.15, 0.2) is 0 Å². The third kappa shape index (κ3) is 4.09. The van der Waals surface area contributed by atoms with Gasteiger partial charge in [0.05, 0.1) is 5.56 Å². The first kappa shape index (κ1) is 13.6. The SMILES string of the molecule is CN(CC1CC1)C(=O)CCc1ccc(C(=O)O)cc1. The Morgan fingerprint density at radius 1 is 1.26 bits per heavy atom. The van der Waals surface area contributed by atoms with Gasteiger partial charge in [-0.2, -0.15) is 0 Å². The van der Waals surface area contributed by atoms with Crippen LogP contribution >= 0.6 is 0 Å². The number of aromatic carboxylic acids is 1. The molecule has 1 saturated carbocycles. The Kier molecular flexibility index (Phi) is 4.20. The van der Waals surface area contributed by atoms with Gasteiger partial charge in [0, 0.05) is 20.0 Å². The molecule has 1 aromatic rings. The third-order valence-electron chi connectivity index (χ3n) is 3.48. The Balaban J connectivity index is 1.80. The van der Waals surface area contributed by atoms with Crippen LogP contribution in [0.1, 0.15) is 35.2 Å². The van der Waals surface area contributed by atoms with Crippen LogP contribution in [0.25, 0.3) is 0 Å². The molecule has 1 aromatic carbocycles. The lowest BCUT2D eigenvalue weighted by molar-refractivity contribution is -0.130. The predicted molar refractivity (Wildman–Crippen MR) is 72.1 cm³/mol. The van der Waals surface area contributed by atoms with Crippen molar-refractivity contribution >= 4 is 11.9 Å². The van der Waals surface area contributed by atoms with Gasteiger partial charge in [-0.3, -0.25) is 4.79 Å². The van der Waals surface area contributed by atoms with Crippen LogP contribution in [-0.2, 0) is 11.2 Å². The van der Waals surface area contributed by atoms with Crippen molar-refractivity contribution in [2.75, 3.05) is 13.6 Å². The third-order valence-corrected chi connectivity index (χ3v) is 3.48.